The van der Waals surface area contributed by atoms with Crippen molar-refractivity contribution in [2.75, 3.05) is 18.1 Å². The second kappa shape index (κ2) is 7.05. The first kappa shape index (κ1) is 18.0. The lowest BCUT2D eigenvalue weighted by atomic mass is 10.2. The van der Waals surface area contributed by atoms with Crippen molar-refractivity contribution in [1.82, 2.24) is 4.98 Å². The molecule has 1 aromatic heterocycles. The average molecular weight is 375 g/mol. The highest BCUT2D eigenvalue weighted by molar-refractivity contribution is 7.92. The van der Waals surface area contributed by atoms with E-state index in [2.05, 4.69) is 4.98 Å². The number of rotatable bonds is 5. The fourth-order valence-electron chi connectivity index (χ4n) is 2.04. The molecule has 124 valence electrons. The van der Waals surface area contributed by atoms with Crippen LogP contribution in [0.5, 0.6) is 0 Å². The zero-order valence-corrected chi connectivity index (χ0v) is 15.2. The predicted octanol–water partition coefficient (Wildman–Crippen LogP) is 3.80. The number of hydrogen-bond acceptors (Lipinski definition) is 4. The third-order valence-corrected chi connectivity index (χ3v) is 5.62. The highest BCUT2D eigenvalue weighted by Crippen LogP contribution is 2.29. The number of anilines is 1. The molecule has 0 aliphatic carbocycles. The monoisotopic (exact) mass is 374 g/mol. The van der Waals surface area contributed by atoms with Gasteiger partial charge in [-0.3, -0.25) is 4.98 Å². The van der Waals surface area contributed by atoms with Crippen LogP contribution in [0.25, 0.3) is 0 Å². The minimum absolute atomic E-state index is 0.121. The highest BCUT2D eigenvalue weighted by Gasteiger charge is 2.27. The molecule has 0 aliphatic rings. The second-order valence-electron chi connectivity index (χ2n) is 4.94. The largest absolute Gasteiger partial charge is 0.363 e. The SMILES string of the molecule is COCN(c1cc(Cl)cnc1C)S(=O)(=O)c1ccc(Cl)c(C)c1. The number of nitrogens with zero attached hydrogens (tertiary/aromatic N) is 2. The number of aryl methyl sites for hydroxylation is 2. The van der Waals surface area contributed by atoms with Crippen molar-refractivity contribution >= 4 is 38.9 Å². The van der Waals surface area contributed by atoms with Crippen LogP contribution in [0.3, 0.4) is 0 Å². The number of sulfonamides is 1. The molecule has 2 rings (SSSR count). The first-order valence-electron chi connectivity index (χ1n) is 6.67. The molecule has 0 amide bonds. The summed E-state index contributed by atoms with van der Waals surface area (Å²) in [6, 6.07) is 6.08. The van der Waals surface area contributed by atoms with Crippen molar-refractivity contribution in [3.8, 4) is 0 Å². The Hall–Kier alpha value is -1.34. The number of halogens is 2. The summed E-state index contributed by atoms with van der Waals surface area (Å²) in [5.74, 6) is 0. The first-order valence-corrected chi connectivity index (χ1v) is 8.87. The average Bonchev–Trinajstić information content (AvgIpc) is 2.50. The molecule has 0 spiro atoms. The molecule has 0 saturated heterocycles. The van der Waals surface area contributed by atoms with Crippen LogP contribution in [0.1, 0.15) is 11.3 Å². The second-order valence-corrected chi connectivity index (χ2v) is 7.65. The van der Waals surface area contributed by atoms with E-state index in [4.69, 9.17) is 27.9 Å². The molecule has 8 heteroatoms. The van der Waals surface area contributed by atoms with Crippen molar-refractivity contribution in [2.45, 2.75) is 18.7 Å². The van der Waals surface area contributed by atoms with Gasteiger partial charge in [-0.25, -0.2) is 12.7 Å². The maximum absolute atomic E-state index is 13.0. The molecule has 0 unspecified atom stereocenters. The summed E-state index contributed by atoms with van der Waals surface area (Å²) in [5.41, 5.74) is 1.57. The van der Waals surface area contributed by atoms with Crippen molar-refractivity contribution < 1.29 is 13.2 Å². The predicted molar refractivity (Wildman–Crippen MR) is 91.7 cm³/mol. The number of hydrogen-bond donors (Lipinski definition) is 0. The quantitative estimate of drug-likeness (QED) is 0.746. The van der Waals surface area contributed by atoms with Gasteiger partial charge in [0.1, 0.15) is 6.73 Å². The molecule has 1 aromatic carbocycles. The van der Waals surface area contributed by atoms with E-state index in [1.165, 1.54) is 25.4 Å². The zero-order valence-electron chi connectivity index (χ0n) is 12.9. The van der Waals surface area contributed by atoms with Crippen LogP contribution >= 0.6 is 23.2 Å². The molecule has 0 saturated carbocycles. The summed E-state index contributed by atoms with van der Waals surface area (Å²) in [5, 5.41) is 0.844. The smallest absolute Gasteiger partial charge is 0.266 e. The van der Waals surface area contributed by atoms with Gasteiger partial charge in [-0.15, -0.1) is 0 Å². The summed E-state index contributed by atoms with van der Waals surface area (Å²) in [6.45, 7) is 3.29. The molecular formula is C15H16Cl2N2O3S. The van der Waals surface area contributed by atoms with E-state index in [9.17, 15) is 8.42 Å². The van der Waals surface area contributed by atoms with Gasteiger partial charge in [-0.2, -0.15) is 0 Å². The topological polar surface area (TPSA) is 59.5 Å². The lowest BCUT2D eigenvalue weighted by molar-refractivity contribution is 0.209. The molecule has 1 heterocycles. The lowest BCUT2D eigenvalue weighted by Crippen LogP contribution is -2.33. The molecule has 0 N–H and O–H groups in total. The van der Waals surface area contributed by atoms with Crippen LogP contribution in [0.2, 0.25) is 10.0 Å². The molecule has 23 heavy (non-hydrogen) atoms. The molecule has 0 atom stereocenters. The van der Waals surface area contributed by atoms with Gasteiger partial charge >= 0.3 is 0 Å². The number of benzene rings is 1. The normalized spacial score (nSPS) is 11.5. The van der Waals surface area contributed by atoms with Crippen LogP contribution in [0.4, 0.5) is 5.69 Å². The molecular weight excluding hydrogens is 359 g/mol. The van der Waals surface area contributed by atoms with Crippen molar-refractivity contribution in [2.24, 2.45) is 0 Å². The minimum atomic E-state index is -3.84. The molecule has 0 radical (unpaired) electrons. The number of pyridine rings is 1. The zero-order chi connectivity index (χ0) is 17.2. The third kappa shape index (κ3) is 3.77. The van der Waals surface area contributed by atoms with Crippen LogP contribution < -0.4 is 4.31 Å². The Morgan fingerprint density at radius 1 is 1.22 bits per heavy atom. The molecule has 5 nitrogen and oxygen atoms in total. The highest BCUT2D eigenvalue weighted by atomic mass is 35.5. The molecule has 0 bridgehead atoms. The van der Waals surface area contributed by atoms with Crippen LogP contribution in [-0.4, -0.2) is 27.2 Å². The fraction of sp³-hybridized carbons (Fsp3) is 0.267. The minimum Gasteiger partial charge on any atom is -0.363 e. The van der Waals surface area contributed by atoms with Gasteiger partial charge in [-0.1, -0.05) is 23.2 Å². The van der Waals surface area contributed by atoms with Gasteiger partial charge in [0.15, 0.2) is 0 Å². The van der Waals surface area contributed by atoms with E-state index < -0.39 is 10.0 Å². The van der Waals surface area contributed by atoms with Crippen LogP contribution in [0.15, 0.2) is 35.4 Å². The fourth-order valence-corrected chi connectivity index (χ4v) is 3.82. The Labute approximate surface area is 145 Å². The van der Waals surface area contributed by atoms with Crippen LogP contribution in [-0.2, 0) is 14.8 Å². The van der Waals surface area contributed by atoms with E-state index in [1.54, 1.807) is 26.0 Å². The summed E-state index contributed by atoms with van der Waals surface area (Å²) in [4.78, 5) is 4.23. The molecule has 2 aromatic rings. The lowest BCUT2D eigenvalue weighted by Gasteiger charge is -2.25. The summed E-state index contributed by atoms with van der Waals surface area (Å²) < 4.78 is 32.2. The first-order chi connectivity index (χ1) is 10.8. The van der Waals surface area contributed by atoms with E-state index in [0.717, 1.165) is 4.31 Å². The van der Waals surface area contributed by atoms with E-state index in [1.807, 2.05) is 0 Å². The van der Waals surface area contributed by atoms with Gasteiger partial charge in [-0.05, 0) is 43.7 Å². The van der Waals surface area contributed by atoms with Crippen molar-refractivity contribution in [3.05, 3.63) is 51.8 Å². The van der Waals surface area contributed by atoms with Crippen molar-refractivity contribution in [3.63, 3.8) is 0 Å². The Bertz CT molecular complexity index is 825. The van der Waals surface area contributed by atoms with Gasteiger partial charge in [0, 0.05) is 18.3 Å². The van der Waals surface area contributed by atoms with Gasteiger partial charge in [0.05, 0.1) is 21.3 Å². The van der Waals surface area contributed by atoms with E-state index in [0.29, 0.717) is 27.0 Å². The number of methoxy groups -OCH3 is 1. The number of ether oxygens (including phenoxy) is 1. The standard InChI is InChI=1S/C15H16Cl2N2O3S/c1-10-6-13(4-5-14(10)17)23(20,21)19(9-22-3)15-7-12(16)8-18-11(15)2/h4-8H,9H2,1-3H3. The van der Waals surface area contributed by atoms with Gasteiger partial charge < -0.3 is 4.74 Å². The maximum Gasteiger partial charge on any atom is 0.266 e. The van der Waals surface area contributed by atoms with Gasteiger partial charge in [0.2, 0.25) is 0 Å². The van der Waals surface area contributed by atoms with Crippen molar-refractivity contribution in [1.29, 1.82) is 0 Å². The molecule has 0 fully saturated rings. The Morgan fingerprint density at radius 2 is 1.91 bits per heavy atom. The number of aromatic nitrogens is 1. The Balaban J connectivity index is 2.59. The van der Waals surface area contributed by atoms with Gasteiger partial charge in [0.25, 0.3) is 10.0 Å². The maximum atomic E-state index is 13.0. The Morgan fingerprint density at radius 3 is 2.52 bits per heavy atom. The third-order valence-electron chi connectivity index (χ3n) is 3.26. The van der Waals surface area contributed by atoms with E-state index >= 15 is 0 Å². The summed E-state index contributed by atoms with van der Waals surface area (Å²) in [6.07, 6.45) is 1.46. The summed E-state index contributed by atoms with van der Waals surface area (Å²) >= 11 is 11.9. The van der Waals surface area contributed by atoms with E-state index in [-0.39, 0.29) is 11.6 Å². The summed E-state index contributed by atoms with van der Waals surface area (Å²) in [7, 11) is -2.42. The molecule has 0 aliphatic heterocycles. The van der Waals surface area contributed by atoms with Crippen LogP contribution in [0, 0.1) is 13.8 Å². The Kier molecular flexibility index (Phi) is 5.52.